The van der Waals surface area contributed by atoms with Crippen LogP contribution in [0.25, 0.3) is 0 Å². The van der Waals surface area contributed by atoms with Crippen LogP contribution in [0.1, 0.15) is 12.5 Å². The van der Waals surface area contributed by atoms with Crippen molar-refractivity contribution in [3.8, 4) is 5.75 Å². The van der Waals surface area contributed by atoms with Crippen LogP contribution >= 0.6 is 15.9 Å². The van der Waals surface area contributed by atoms with Crippen molar-refractivity contribution in [1.29, 1.82) is 0 Å². The molecule has 1 aromatic rings. The normalized spacial score (nSPS) is 13.1. The van der Waals surface area contributed by atoms with Crippen molar-refractivity contribution in [2.24, 2.45) is 10.2 Å². The molecule has 0 saturated heterocycles. The number of rotatable bonds is 4. The lowest BCUT2D eigenvalue weighted by Crippen LogP contribution is -1.86. The second-order valence-corrected chi connectivity index (χ2v) is 4.17. The standard InChI is InChI=1S/C10H13BrN2O/c1-8(11)13-12-7-9-4-3-5-10(6-9)14-2/h3-6,8H,7H2,1-2H3. The van der Waals surface area contributed by atoms with Gasteiger partial charge in [0.25, 0.3) is 0 Å². The SMILES string of the molecule is COc1cccc(CN=NC(C)Br)c1. The molecule has 0 amide bonds. The zero-order valence-corrected chi connectivity index (χ0v) is 9.86. The molecule has 1 aromatic carbocycles. The van der Waals surface area contributed by atoms with Crippen molar-refractivity contribution in [2.75, 3.05) is 7.11 Å². The molecule has 0 fully saturated rings. The van der Waals surface area contributed by atoms with Gasteiger partial charge in [0.1, 0.15) is 10.7 Å². The average molecular weight is 257 g/mol. The zero-order chi connectivity index (χ0) is 10.4. The van der Waals surface area contributed by atoms with E-state index >= 15 is 0 Å². The van der Waals surface area contributed by atoms with E-state index in [-0.39, 0.29) is 4.95 Å². The van der Waals surface area contributed by atoms with Crippen LogP contribution in [0.4, 0.5) is 0 Å². The van der Waals surface area contributed by atoms with Gasteiger partial charge in [-0.3, -0.25) is 0 Å². The van der Waals surface area contributed by atoms with Crippen LogP contribution < -0.4 is 4.74 Å². The number of hydrogen-bond donors (Lipinski definition) is 0. The number of nitrogens with zero attached hydrogens (tertiary/aromatic N) is 2. The van der Waals surface area contributed by atoms with Crippen molar-refractivity contribution in [3.63, 3.8) is 0 Å². The minimum atomic E-state index is 0.0770. The number of benzene rings is 1. The number of ether oxygens (including phenoxy) is 1. The van der Waals surface area contributed by atoms with Gasteiger partial charge in [-0.2, -0.15) is 10.2 Å². The highest BCUT2D eigenvalue weighted by Gasteiger charge is 1.94. The summed E-state index contributed by atoms with van der Waals surface area (Å²) in [5.74, 6) is 0.851. The van der Waals surface area contributed by atoms with Crippen molar-refractivity contribution in [1.82, 2.24) is 0 Å². The number of halogens is 1. The Balaban J connectivity index is 2.58. The number of alkyl halides is 1. The average Bonchev–Trinajstić information content (AvgIpc) is 2.18. The van der Waals surface area contributed by atoms with Crippen LogP contribution in [0, 0.1) is 0 Å². The summed E-state index contributed by atoms with van der Waals surface area (Å²) < 4.78 is 5.10. The highest BCUT2D eigenvalue weighted by molar-refractivity contribution is 9.09. The lowest BCUT2D eigenvalue weighted by atomic mass is 10.2. The first-order chi connectivity index (χ1) is 6.72. The third kappa shape index (κ3) is 3.87. The van der Waals surface area contributed by atoms with Crippen LogP contribution in [0.2, 0.25) is 0 Å². The Morgan fingerprint density at radius 1 is 1.50 bits per heavy atom. The van der Waals surface area contributed by atoms with Gasteiger partial charge in [-0.1, -0.05) is 28.1 Å². The maximum atomic E-state index is 5.10. The molecule has 0 saturated carbocycles. The first-order valence-electron chi connectivity index (χ1n) is 4.36. The van der Waals surface area contributed by atoms with Gasteiger partial charge < -0.3 is 4.74 Å². The molecule has 0 radical (unpaired) electrons. The molecule has 0 N–H and O–H groups in total. The Hall–Kier alpha value is -0.900. The second kappa shape index (κ2) is 5.75. The van der Waals surface area contributed by atoms with Gasteiger partial charge in [-0.05, 0) is 24.6 Å². The molecule has 1 atom stereocenters. The molecule has 0 bridgehead atoms. The maximum Gasteiger partial charge on any atom is 0.123 e. The van der Waals surface area contributed by atoms with Gasteiger partial charge in [0.2, 0.25) is 0 Å². The summed E-state index contributed by atoms with van der Waals surface area (Å²) in [7, 11) is 1.65. The largest absolute Gasteiger partial charge is 0.497 e. The third-order valence-corrected chi connectivity index (χ3v) is 1.81. The van der Waals surface area contributed by atoms with Crippen LogP contribution in [0.3, 0.4) is 0 Å². The Kier molecular flexibility index (Phi) is 4.59. The topological polar surface area (TPSA) is 34.0 Å². The van der Waals surface area contributed by atoms with Gasteiger partial charge in [-0.25, -0.2) is 0 Å². The van der Waals surface area contributed by atoms with E-state index in [0.29, 0.717) is 6.54 Å². The molecule has 0 aliphatic carbocycles. The first-order valence-corrected chi connectivity index (χ1v) is 5.27. The van der Waals surface area contributed by atoms with Gasteiger partial charge >= 0.3 is 0 Å². The molecule has 0 aromatic heterocycles. The predicted octanol–water partition coefficient (Wildman–Crippen LogP) is 3.39. The van der Waals surface area contributed by atoms with E-state index in [4.69, 9.17) is 4.74 Å². The first kappa shape index (κ1) is 11.2. The molecule has 0 aliphatic rings. The molecule has 4 heteroatoms. The number of azo groups is 1. The fraction of sp³-hybridized carbons (Fsp3) is 0.400. The van der Waals surface area contributed by atoms with E-state index in [0.717, 1.165) is 11.3 Å². The second-order valence-electron chi connectivity index (χ2n) is 2.84. The lowest BCUT2D eigenvalue weighted by molar-refractivity contribution is 0.414. The summed E-state index contributed by atoms with van der Waals surface area (Å²) >= 11 is 3.29. The quantitative estimate of drug-likeness (QED) is 0.462. The van der Waals surface area contributed by atoms with Crippen molar-refractivity contribution in [2.45, 2.75) is 18.4 Å². The van der Waals surface area contributed by atoms with E-state index in [1.807, 2.05) is 31.2 Å². The Labute approximate surface area is 92.3 Å². The van der Waals surface area contributed by atoms with Gasteiger partial charge in [-0.15, -0.1) is 0 Å². The molecule has 0 spiro atoms. The molecule has 1 rings (SSSR count). The van der Waals surface area contributed by atoms with Crippen LogP contribution in [-0.4, -0.2) is 12.1 Å². The van der Waals surface area contributed by atoms with E-state index in [1.54, 1.807) is 7.11 Å². The monoisotopic (exact) mass is 256 g/mol. The van der Waals surface area contributed by atoms with Gasteiger partial charge in [0, 0.05) is 0 Å². The Morgan fingerprint density at radius 2 is 2.29 bits per heavy atom. The fourth-order valence-corrected chi connectivity index (χ4v) is 1.14. The van der Waals surface area contributed by atoms with Gasteiger partial charge in [0.15, 0.2) is 0 Å². The van der Waals surface area contributed by atoms with E-state index in [9.17, 15) is 0 Å². The van der Waals surface area contributed by atoms with E-state index < -0.39 is 0 Å². The van der Waals surface area contributed by atoms with Crippen molar-refractivity contribution < 1.29 is 4.74 Å². The molecule has 0 heterocycles. The lowest BCUT2D eigenvalue weighted by Gasteiger charge is -2.01. The molecule has 76 valence electrons. The smallest absolute Gasteiger partial charge is 0.123 e. The summed E-state index contributed by atoms with van der Waals surface area (Å²) in [5.41, 5.74) is 1.10. The molecular formula is C10H13BrN2O. The molecule has 1 unspecified atom stereocenters. The summed E-state index contributed by atoms with van der Waals surface area (Å²) in [5, 5.41) is 8.02. The zero-order valence-electron chi connectivity index (χ0n) is 8.27. The fourth-order valence-electron chi connectivity index (χ4n) is 1.01. The highest BCUT2D eigenvalue weighted by Crippen LogP contribution is 2.13. The summed E-state index contributed by atoms with van der Waals surface area (Å²) in [6.07, 6.45) is 0. The maximum absolute atomic E-state index is 5.10. The van der Waals surface area contributed by atoms with Crippen molar-refractivity contribution in [3.05, 3.63) is 29.8 Å². The van der Waals surface area contributed by atoms with Crippen LogP contribution in [0.15, 0.2) is 34.5 Å². The summed E-state index contributed by atoms with van der Waals surface area (Å²) in [4.78, 5) is 0.0770. The molecule has 0 aliphatic heterocycles. The van der Waals surface area contributed by atoms with E-state index in [2.05, 4.69) is 26.2 Å². The predicted molar refractivity (Wildman–Crippen MR) is 59.9 cm³/mol. The van der Waals surface area contributed by atoms with Gasteiger partial charge in [0.05, 0.1) is 13.7 Å². The summed E-state index contributed by atoms with van der Waals surface area (Å²) in [6, 6.07) is 7.81. The number of hydrogen-bond acceptors (Lipinski definition) is 3. The minimum Gasteiger partial charge on any atom is -0.497 e. The van der Waals surface area contributed by atoms with Crippen LogP contribution in [0.5, 0.6) is 5.75 Å². The summed E-state index contributed by atoms with van der Waals surface area (Å²) in [6.45, 7) is 2.52. The Morgan fingerprint density at radius 3 is 2.93 bits per heavy atom. The Bertz CT molecular complexity index is 313. The number of methoxy groups -OCH3 is 1. The minimum absolute atomic E-state index is 0.0770. The van der Waals surface area contributed by atoms with Crippen molar-refractivity contribution >= 4 is 15.9 Å². The molecule has 14 heavy (non-hydrogen) atoms. The molecular weight excluding hydrogens is 244 g/mol. The van der Waals surface area contributed by atoms with E-state index in [1.165, 1.54) is 0 Å². The van der Waals surface area contributed by atoms with Crippen LogP contribution in [-0.2, 0) is 6.54 Å². The molecule has 3 nitrogen and oxygen atoms in total. The highest BCUT2D eigenvalue weighted by atomic mass is 79.9. The third-order valence-electron chi connectivity index (χ3n) is 1.63.